The highest BCUT2D eigenvalue weighted by molar-refractivity contribution is 5.77. The van der Waals surface area contributed by atoms with Crippen LogP contribution >= 0.6 is 0 Å². The van der Waals surface area contributed by atoms with E-state index in [-0.39, 0.29) is 18.4 Å². The van der Waals surface area contributed by atoms with Gasteiger partial charge in [-0.2, -0.15) is 18.2 Å². The Labute approximate surface area is 101 Å². The summed E-state index contributed by atoms with van der Waals surface area (Å²) in [6.07, 6.45) is -4.70. The number of alkyl halides is 3. The van der Waals surface area contributed by atoms with Gasteiger partial charge in [-0.1, -0.05) is 19.0 Å². The number of halogens is 3. The van der Waals surface area contributed by atoms with Crippen molar-refractivity contribution in [2.24, 2.45) is 5.92 Å². The second kappa shape index (κ2) is 5.36. The molecule has 0 fully saturated rings. The lowest BCUT2D eigenvalue weighted by molar-refractivity contribution is -0.147. The first-order chi connectivity index (χ1) is 8.27. The zero-order valence-electron chi connectivity index (χ0n) is 10.1. The fourth-order valence-electron chi connectivity index (χ4n) is 1.37. The van der Waals surface area contributed by atoms with Crippen LogP contribution in [0, 0.1) is 5.92 Å². The van der Waals surface area contributed by atoms with Gasteiger partial charge in [0.25, 0.3) is 5.82 Å². The molecule has 0 aliphatic heterocycles. The van der Waals surface area contributed by atoms with Crippen LogP contribution in [0.5, 0.6) is 0 Å². The Morgan fingerprint density at radius 2 is 2.06 bits per heavy atom. The number of carbonyl (C=O) groups is 1. The molecule has 0 saturated heterocycles. The van der Waals surface area contributed by atoms with Crippen molar-refractivity contribution in [1.29, 1.82) is 0 Å². The summed E-state index contributed by atoms with van der Waals surface area (Å²) in [5, 5.41) is 2.81. The molecule has 0 amide bonds. The molecule has 0 aliphatic carbocycles. The highest BCUT2D eigenvalue weighted by Crippen LogP contribution is 2.30. The van der Waals surface area contributed by atoms with Crippen LogP contribution in [0.15, 0.2) is 4.52 Å². The molecule has 0 saturated carbocycles. The van der Waals surface area contributed by atoms with Crippen molar-refractivity contribution in [3.05, 3.63) is 11.7 Å². The van der Waals surface area contributed by atoms with E-state index < -0.39 is 23.9 Å². The molecule has 0 N–H and O–H groups in total. The third kappa shape index (κ3) is 3.21. The van der Waals surface area contributed by atoms with Gasteiger partial charge in [0.15, 0.2) is 0 Å². The van der Waals surface area contributed by atoms with E-state index in [2.05, 4.69) is 14.7 Å². The smallest absolute Gasteiger partial charge is 0.455 e. The molecule has 1 unspecified atom stereocenters. The predicted molar refractivity (Wildman–Crippen MR) is 53.5 cm³/mol. The molecular weight excluding hydrogens is 253 g/mol. The number of carbonyl (C=O) groups excluding carboxylic acids is 1. The number of aromatic nitrogens is 2. The number of esters is 1. The summed E-state index contributed by atoms with van der Waals surface area (Å²) in [7, 11) is 0. The van der Waals surface area contributed by atoms with Crippen molar-refractivity contribution in [2.45, 2.75) is 32.9 Å². The van der Waals surface area contributed by atoms with Crippen LogP contribution in [-0.4, -0.2) is 22.7 Å². The molecule has 1 aromatic heterocycles. The molecule has 0 aliphatic rings. The maximum Gasteiger partial charge on any atom is 0.455 e. The molecule has 0 spiro atoms. The van der Waals surface area contributed by atoms with Gasteiger partial charge >= 0.3 is 12.1 Å². The minimum absolute atomic E-state index is 0.127. The number of ether oxygens (including phenoxy) is 1. The monoisotopic (exact) mass is 266 g/mol. The van der Waals surface area contributed by atoms with Crippen molar-refractivity contribution < 1.29 is 27.2 Å². The molecular formula is C10H13F3N2O3. The summed E-state index contributed by atoms with van der Waals surface area (Å²) in [5.74, 6) is -3.76. The quantitative estimate of drug-likeness (QED) is 0.783. The van der Waals surface area contributed by atoms with E-state index in [4.69, 9.17) is 4.74 Å². The first-order valence-electron chi connectivity index (χ1n) is 5.34. The zero-order chi connectivity index (χ0) is 13.9. The van der Waals surface area contributed by atoms with Crippen molar-refractivity contribution in [3.8, 4) is 0 Å². The van der Waals surface area contributed by atoms with Crippen LogP contribution in [0.4, 0.5) is 13.2 Å². The van der Waals surface area contributed by atoms with E-state index in [1.165, 1.54) is 0 Å². The van der Waals surface area contributed by atoms with Gasteiger partial charge < -0.3 is 9.26 Å². The Balaban J connectivity index is 3.01. The third-order valence-electron chi connectivity index (χ3n) is 2.17. The average molecular weight is 266 g/mol. The molecule has 102 valence electrons. The van der Waals surface area contributed by atoms with Crippen LogP contribution in [-0.2, 0) is 15.7 Å². The topological polar surface area (TPSA) is 65.2 Å². The highest BCUT2D eigenvalue weighted by atomic mass is 19.4. The van der Waals surface area contributed by atoms with Crippen molar-refractivity contribution in [3.63, 3.8) is 0 Å². The SMILES string of the molecule is CCOC(=O)C(c1nc(C(F)(F)F)no1)C(C)C. The lowest BCUT2D eigenvalue weighted by Gasteiger charge is -2.14. The molecule has 0 radical (unpaired) electrons. The Kier molecular flexibility index (Phi) is 4.31. The van der Waals surface area contributed by atoms with Crippen LogP contribution in [0.25, 0.3) is 0 Å². The summed E-state index contributed by atoms with van der Waals surface area (Å²) < 4.78 is 46.2. The Morgan fingerprint density at radius 3 is 2.44 bits per heavy atom. The minimum atomic E-state index is -4.70. The minimum Gasteiger partial charge on any atom is -0.465 e. The summed E-state index contributed by atoms with van der Waals surface area (Å²) in [6.45, 7) is 5.03. The van der Waals surface area contributed by atoms with Gasteiger partial charge in [0.05, 0.1) is 6.61 Å². The van der Waals surface area contributed by atoms with Crippen LogP contribution in [0.1, 0.15) is 38.4 Å². The normalized spacial score (nSPS) is 13.7. The first-order valence-corrected chi connectivity index (χ1v) is 5.34. The summed E-state index contributed by atoms with van der Waals surface area (Å²) >= 11 is 0. The molecule has 18 heavy (non-hydrogen) atoms. The lowest BCUT2D eigenvalue weighted by atomic mass is 9.96. The van der Waals surface area contributed by atoms with Crippen molar-refractivity contribution in [2.75, 3.05) is 6.61 Å². The number of hydrogen-bond acceptors (Lipinski definition) is 5. The maximum absolute atomic E-state index is 12.3. The third-order valence-corrected chi connectivity index (χ3v) is 2.17. The van der Waals surface area contributed by atoms with Gasteiger partial charge in [-0.25, -0.2) is 0 Å². The Hall–Kier alpha value is -1.60. The van der Waals surface area contributed by atoms with E-state index >= 15 is 0 Å². The number of rotatable bonds is 4. The fraction of sp³-hybridized carbons (Fsp3) is 0.700. The number of nitrogens with zero attached hydrogens (tertiary/aromatic N) is 2. The summed E-state index contributed by atoms with van der Waals surface area (Å²) in [6, 6.07) is 0. The van der Waals surface area contributed by atoms with E-state index in [0.29, 0.717) is 0 Å². The van der Waals surface area contributed by atoms with Crippen LogP contribution in [0.2, 0.25) is 0 Å². The molecule has 1 aromatic rings. The van der Waals surface area contributed by atoms with E-state index in [9.17, 15) is 18.0 Å². The Bertz CT molecular complexity index is 415. The zero-order valence-corrected chi connectivity index (χ0v) is 10.1. The second-order valence-corrected chi connectivity index (χ2v) is 3.93. The van der Waals surface area contributed by atoms with Crippen molar-refractivity contribution in [1.82, 2.24) is 10.1 Å². The second-order valence-electron chi connectivity index (χ2n) is 3.93. The first kappa shape index (κ1) is 14.5. The van der Waals surface area contributed by atoms with Gasteiger partial charge in [-0.15, -0.1) is 0 Å². The highest BCUT2D eigenvalue weighted by Gasteiger charge is 2.40. The molecule has 0 bridgehead atoms. The average Bonchev–Trinajstić information content (AvgIpc) is 2.66. The van der Waals surface area contributed by atoms with Gasteiger partial charge in [0.1, 0.15) is 5.92 Å². The molecule has 1 rings (SSSR count). The summed E-state index contributed by atoms with van der Waals surface area (Å²) in [4.78, 5) is 14.8. The standard InChI is InChI=1S/C10H13F3N2O3/c1-4-17-8(16)6(5(2)3)7-14-9(15-18-7)10(11,12)13/h5-6H,4H2,1-3H3. The predicted octanol–water partition coefficient (Wildman–Crippen LogP) is 2.39. The van der Waals surface area contributed by atoms with Gasteiger partial charge in [-0.3, -0.25) is 4.79 Å². The fourth-order valence-corrected chi connectivity index (χ4v) is 1.37. The van der Waals surface area contributed by atoms with E-state index in [0.717, 1.165) is 0 Å². The Morgan fingerprint density at radius 1 is 1.44 bits per heavy atom. The van der Waals surface area contributed by atoms with E-state index in [1.54, 1.807) is 20.8 Å². The van der Waals surface area contributed by atoms with Crippen LogP contribution < -0.4 is 0 Å². The van der Waals surface area contributed by atoms with Crippen molar-refractivity contribution >= 4 is 5.97 Å². The lowest BCUT2D eigenvalue weighted by Crippen LogP contribution is -2.21. The van der Waals surface area contributed by atoms with Crippen LogP contribution in [0.3, 0.4) is 0 Å². The van der Waals surface area contributed by atoms with Gasteiger partial charge in [-0.05, 0) is 12.8 Å². The number of hydrogen-bond donors (Lipinski definition) is 0. The van der Waals surface area contributed by atoms with E-state index in [1.807, 2.05) is 0 Å². The molecule has 1 atom stereocenters. The van der Waals surface area contributed by atoms with Gasteiger partial charge in [0, 0.05) is 0 Å². The molecule has 5 nitrogen and oxygen atoms in total. The largest absolute Gasteiger partial charge is 0.465 e. The molecule has 0 aromatic carbocycles. The molecule has 8 heteroatoms. The molecule has 1 heterocycles. The van der Waals surface area contributed by atoms with Gasteiger partial charge in [0.2, 0.25) is 5.89 Å². The summed E-state index contributed by atoms with van der Waals surface area (Å²) in [5.41, 5.74) is 0. The maximum atomic E-state index is 12.3.